The Kier molecular flexibility index (Phi) is 11.4. The van der Waals surface area contributed by atoms with Gasteiger partial charge in [0.2, 0.25) is 0 Å². The first-order valence-electron chi connectivity index (χ1n) is 7.01. The lowest BCUT2D eigenvalue weighted by atomic mass is 10.2. The van der Waals surface area contributed by atoms with Gasteiger partial charge in [-0.2, -0.15) is 0 Å². The fourth-order valence-corrected chi connectivity index (χ4v) is 1.71. The Morgan fingerprint density at radius 3 is 2.68 bits per heavy atom. The van der Waals surface area contributed by atoms with E-state index in [4.69, 9.17) is 4.74 Å². The molecule has 0 unspecified atom stereocenters. The minimum atomic E-state index is -0.389. The lowest BCUT2D eigenvalue weighted by molar-refractivity contribution is -0.385. The summed E-state index contributed by atoms with van der Waals surface area (Å²) in [5.41, 5.74) is 0.677. The normalized spacial score (nSPS) is 10.7. The standard InChI is InChI=1S/C14H22N4O3.HI/c1-3-15-14(16-9-10-21-4-2)17-11-12-7-5-6-8-13(12)18(19)20;/h5-8H,3-4,9-11H2,1-2H3,(H2,15,16,17);1H. The Labute approximate surface area is 147 Å². The fraction of sp³-hybridized carbons (Fsp3) is 0.500. The average Bonchev–Trinajstić information content (AvgIpc) is 2.49. The molecule has 1 aromatic rings. The summed E-state index contributed by atoms with van der Waals surface area (Å²) < 4.78 is 5.24. The minimum Gasteiger partial charge on any atom is -0.380 e. The molecule has 2 N–H and O–H groups in total. The summed E-state index contributed by atoms with van der Waals surface area (Å²) in [7, 11) is 0. The maximum absolute atomic E-state index is 10.9. The number of hydrogen-bond donors (Lipinski definition) is 2. The van der Waals surface area contributed by atoms with E-state index in [0.29, 0.717) is 31.3 Å². The van der Waals surface area contributed by atoms with Crippen molar-refractivity contribution in [2.75, 3.05) is 26.3 Å². The summed E-state index contributed by atoms with van der Waals surface area (Å²) in [6.07, 6.45) is 0. The van der Waals surface area contributed by atoms with Gasteiger partial charge in [-0.3, -0.25) is 10.1 Å². The number of nitro groups is 1. The van der Waals surface area contributed by atoms with Gasteiger partial charge in [-0.05, 0) is 13.8 Å². The Hall–Kier alpha value is -1.42. The molecule has 8 heteroatoms. The predicted molar refractivity (Wildman–Crippen MR) is 97.8 cm³/mol. The second kappa shape index (κ2) is 12.2. The van der Waals surface area contributed by atoms with E-state index in [-0.39, 0.29) is 41.1 Å². The van der Waals surface area contributed by atoms with Crippen molar-refractivity contribution in [1.29, 1.82) is 0 Å². The van der Waals surface area contributed by atoms with Gasteiger partial charge in [0.05, 0.1) is 23.6 Å². The van der Waals surface area contributed by atoms with Crippen LogP contribution in [0.25, 0.3) is 0 Å². The molecule has 0 aliphatic rings. The molecule has 0 radical (unpaired) electrons. The summed E-state index contributed by atoms with van der Waals surface area (Å²) in [6.45, 7) is 6.77. The van der Waals surface area contributed by atoms with E-state index in [1.807, 2.05) is 13.8 Å². The maximum atomic E-state index is 10.9. The third kappa shape index (κ3) is 7.55. The van der Waals surface area contributed by atoms with E-state index < -0.39 is 0 Å². The van der Waals surface area contributed by atoms with Gasteiger partial charge in [0.25, 0.3) is 5.69 Å². The zero-order valence-electron chi connectivity index (χ0n) is 12.9. The van der Waals surface area contributed by atoms with Crippen molar-refractivity contribution >= 4 is 35.6 Å². The van der Waals surface area contributed by atoms with Gasteiger partial charge in [0.15, 0.2) is 5.96 Å². The lowest BCUT2D eigenvalue weighted by Crippen LogP contribution is -2.39. The van der Waals surface area contributed by atoms with Gasteiger partial charge >= 0.3 is 0 Å². The molecule has 0 aliphatic carbocycles. The molecule has 0 aliphatic heterocycles. The van der Waals surface area contributed by atoms with E-state index in [0.717, 1.165) is 6.54 Å². The second-order valence-corrected chi connectivity index (χ2v) is 4.20. The number of guanidine groups is 1. The Balaban J connectivity index is 0.00000441. The van der Waals surface area contributed by atoms with E-state index >= 15 is 0 Å². The predicted octanol–water partition coefficient (Wildman–Crippen LogP) is 2.30. The van der Waals surface area contributed by atoms with Crippen LogP contribution in [0.5, 0.6) is 0 Å². The van der Waals surface area contributed by atoms with E-state index in [1.54, 1.807) is 18.2 Å². The van der Waals surface area contributed by atoms with Gasteiger partial charge < -0.3 is 15.4 Å². The topological polar surface area (TPSA) is 88.8 Å². The van der Waals surface area contributed by atoms with Crippen LogP contribution in [-0.2, 0) is 11.3 Å². The molecule has 1 aromatic carbocycles. The highest BCUT2D eigenvalue weighted by Crippen LogP contribution is 2.18. The number of ether oxygens (including phenoxy) is 1. The summed E-state index contributed by atoms with van der Waals surface area (Å²) in [5, 5.41) is 17.2. The van der Waals surface area contributed by atoms with Crippen molar-refractivity contribution in [3.63, 3.8) is 0 Å². The largest absolute Gasteiger partial charge is 0.380 e. The summed E-state index contributed by atoms with van der Waals surface area (Å²) in [6, 6.07) is 6.62. The first-order chi connectivity index (χ1) is 10.2. The van der Waals surface area contributed by atoms with Crippen molar-refractivity contribution < 1.29 is 9.66 Å². The van der Waals surface area contributed by atoms with Crippen molar-refractivity contribution in [3.8, 4) is 0 Å². The smallest absolute Gasteiger partial charge is 0.274 e. The Morgan fingerprint density at radius 2 is 2.05 bits per heavy atom. The quantitative estimate of drug-likeness (QED) is 0.168. The van der Waals surface area contributed by atoms with Crippen molar-refractivity contribution in [2.24, 2.45) is 4.99 Å². The number of aliphatic imine (C=N–C) groups is 1. The van der Waals surface area contributed by atoms with Crippen LogP contribution in [0.1, 0.15) is 19.4 Å². The van der Waals surface area contributed by atoms with E-state index in [1.165, 1.54) is 6.07 Å². The second-order valence-electron chi connectivity index (χ2n) is 4.20. The van der Waals surface area contributed by atoms with Crippen molar-refractivity contribution in [1.82, 2.24) is 10.6 Å². The number of hydrogen-bond acceptors (Lipinski definition) is 4. The molecule has 124 valence electrons. The number of nitrogens with zero attached hydrogens (tertiary/aromatic N) is 2. The molecule has 0 fully saturated rings. The SMILES string of the molecule is CCNC(=NCc1ccccc1[N+](=O)[O-])NCCOCC.I. The molecule has 0 aromatic heterocycles. The van der Waals surface area contributed by atoms with Crippen LogP contribution in [0.15, 0.2) is 29.3 Å². The monoisotopic (exact) mass is 422 g/mol. The highest BCUT2D eigenvalue weighted by molar-refractivity contribution is 14.0. The number of benzene rings is 1. The zero-order chi connectivity index (χ0) is 15.5. The van der Waals surface area contributed by atoms with Crippen molar-refractivity contribution in [2.45, 2.75) is 20.4 Å². The third-order valence-corrected chi connectivity index (χ3v) is 2.68. The average molecular weight is 422 g/mol. The molecule has 22 heavy (non-hydrogen) atoms. The molecule has 1 rings (SSSR count). The molecule has 0 bridgehead atoms. The molecule has 0 amide bonds. The van der Waals surface area contributed by atoms with E-state index in [9.17, 15) is 10.1 Å². The number of para-hydroxylation sites is 1. The van der Waals surface area contributed by atoms with Crippen LogP contribution < -0.4 is 10.6 Å². The minimum absolute atomic E-state index is 0. The summed E-state index contributed by atoms with van der Waals surface area (Å²) in [5.74, 6) is 0.621. The first kappa shape index (κ1) is 20.6. The number of halogens is 1. The number of nitro benzene ring substituents is 1. The van der Waals surface area contributed by atoms with E-state index in [2.05, 4.69) is 15.6 Å². The highest BCUT2D eigenvalue weighted by atomic mass is 127. The van der Waals surface area contributed by atoms with Crippen LogP contribution in [-0.4, -0.2) is 37.2 Å². The van der Waals surface area contributed by atoms with Crippen LogP contribution in [0.2, 0.25) is 0 Å². The first-order valence-corrected chi connectivity index (χ1v) is 7.01. The van der Waals surface area contributed by atoms with Gasteiger partial charge in [0, 0.05) is 25.8 Å². The van der Waals surface area contributed by atoms with Crippen LogP contribution in [0.3, 0.4) is 0 Å². The molecule has 0 atom stereocenters. The van der Waals surface area contributed by atoms with Crippen LogP contribution in [0.4, 0.5) is 5.69 Å². The highest BCUT2D eigenvalue weighted by Gasteiger charge is 2.11. The molecule has 0 spiro atoms. The molecular weight excluding hydrogens is 399 g/mol. The Morgan fingerprint density at radius 1 is 1.32 bits per heavy atom. The fourth-order valence-electron chi connectivity index (χ4n) is 1.71. The molecule has 0 saturated carbocycles. The van der Waals surface area contributed by atoms with Crippen LogP contribution >= 0.6 is 24.0 Å². The Bertz CT molecular complexity index is 483. The summed E-state index contributed by atoms with van der Waals surface area (Å²) in [4.78, 5) is 14.9. The van der Waals surface area contributed by atoms with Gasteiger partial charge in [-0.15, -0.1) is 24.0 Å². The van der Waals surface area contributed by atoms with Gasteiger partial charge in [-0.25, -0.2) is 4.99 Å². The van der Waals surface area contributed by atoms with Crippen molar-refractivity contribution in [3.05, 3.63) is 39.9 Å². The van der Waals surface area contributed by atoms with Gasteiger partial charge in [-0.1, -0.05) is 18.2 Å². The molecule has 0 heterocycles. The summed E-state index contributed by atoms with van der Waals surface area (Å²) >= 11 is 0. The molecular formula is C14H23IN4O3. The van der Waals surface area contributed by atoms with Gasteiger partial charge in [0.1, 0.15) is 0 Å². The number of rotatable bonds is 8. The molecule has 0 saturated heterocycles. The zero-order valence-corrected chi connectivity index (χ0v) is 15.2. The lowest BCUT2D eigenvalue weighted by Gasteiger charge is -2.11. The maximum Gasteiger partial charge on any atom is 0.274 e. The number of nitrogens with one attached hydrogen (secondary N) is 2. The molecule has 7 nitrogen and oxygen atoms in total. The third-order valence-electron chi connectivity index (χ3n) is 2.68. The van der Waals surface area contributed by atoms with Crippen LogP contribution in [0, 0.1) is 10.1 Å².